The van der Waals surface area contributed by atoms with Crippen molar-refractivity contribution in [3.8, 4) is 0 Å². The Morgan fingerprint density at radius 2 is 1.97 bits per heavy atom. The summed E-state index contributed by atoms with van der Waals surface area (Å²) < 4.78 is 25.1. The zero-order chi connectivity index (χ0) is 20.7. The Balaban J connectivity index is 1.58. The molecule has 0 saturated heterocycles. The maximum absolute atomic E-state index is 12.8. The average Bonchev–Trinajstić information content (AvgIpc) is 3.10. The van der Waals surface area contributed by atoms with Crippen LogP contribution in [0, 0.1) is 0 Å². The van der Waals surface area contributed by atoms with Crippen molar-refractivity contribution in [3.63, 3.8) is 0 Å². The van der Waals surface area contributed by atoms with E-state index in [0.717, 1.165) is 28.5 Å². The number of H-pyrrole nitrogens is 1. The summed E-state index contributed by atoms with van der Waals surface area (Å²) in [6.07, 6.45) is 4.50. The van der Waals surface area contributed by atoms with Crippen molar-refractivity contribution in [2.75, 3.05) is 19.3 Å². The summed E-state index contributed by atoms with van der Waals surface area (Å²) in [4.78, 5) is 18.7. The van der Waals surface area contributed by atoms with E-state index in [-0.39, 0.29) is 12.5 Å². The van der Waals surface area contributed by atoms with Gasteiger partial charge in [0, 0.05) is 37.6 Å². The first-order chi connectivity index (χ1) is 13.9. The molecule has 0 radical (unpaired) electrons. The van der Waals surface area contributed by atoms with Gasteiger partial charge in [0.2, 0.25) is 15.9 Å². The molecule has 0 atom stereocenters. The minimum atomic E-state index is -3.29. The van der Waals surface area contributed by atoms with Gasteiger partial charge in [0.05, 0.1) is 11.9 Å². The van der Waals surface area contributed by atoms with Crippen LogP contribution >= 0.6 is 0 Å². The van der Waals surface area contributed by atoms with Crippen LogP contribution < -0.4 is 4.72 Å². The van der Waals surface area contributed by atoms with Gasteiger partial charge in [0.15, 0.2) is 5.65 Å². The average molecular weight is 416 g/mol. The number of fused-ring (bicyclic) bond motifs is 1. The van der Waals surface area contributed by atoms with Gasteiger partial charge in [-0.25, -0.2) is 18.1 Å². The molecule has 0 aliphatic rings. The van der Waals surface area contributed by atoms with Gasteiger partial charge in [-0.15, -0.1) is 0 Å². The summed E-state index contributed by atoms with van der Waals surface area (Å²) in [7, 11) is -3.29. The van der Waals surface area contributed by atoms with Gasteiger partial charge < -0.3 is 4.90 Å². The first-order valence-corrected chi connectivity index (χ1v) is 11.4. The second-order valence-corrected chi connectivity index (χ2v) is 8.72. The van der Waals surface area contributed by atoms with Crippen LogP contribution in [0.3, 0.4) is 0 Å². The highest BCUT2D eigenvalue weighted by Crippen LogP contribution is 2.16. The number of rotatable bonds is 10. The molecule has 29 heavy (non-hydrogen) atoms. The third-order valence-corrected chi connectivity index (χ3v) is 5.26. The Kier molecular flexibility index (Phi) is 6.95. The number of benzene rings is 1. The van der Waals surface area contributed by atoms with Crippen molar-refractivity contribution in [2.45, 2.75) is 25.8 Å². The Morgan fingerprint density at radius 3 is 2.72 bits per heavy atom. The standard InChI is InChI=1S/C20H25N5O3S/c1-29(27,28)22-13-14-25(15-16-7-3-2-4-8-16)19(26)11-5-10-18-17-9-6-12-21-20(17)24-23-18/h2-4,6-9,12,22H,5,10-11,13-15H2,1H3,(H,21,23,24). The van der Waals surface area contributed by atoms with Crippen LogP contribution in [-0.2, 0) is 27.8 Å². The smallest absolute Gasteiger partial charge is 0.222 e. The molecule has 154 valence electrons. The number of hydrogen-bond donors (Lipinski definition) is 2. The Morgan fingerprint density at radius 1 is 1.17 bits per heavy atom. The quantitative estimate of drug-likeness (QED) is 0.525. The SMILES string of the molecule is CS(=O)(=O)NCCN(Cc1ccccc1)C(=O)CCCc1n[nH]c2ncccc12. The number of carbonyl (C=O) groups is 1. The summed E-state index contributed by atoms with van der Waals surface area (Å²) in [5, 5.41) is 8.17. The molecule has 1 amide bonds. The molecule has 3 aromatic rings. The molecule has 2 aromatic heterocycles. The van der Waals surface area contributed by atoms with Crippen LogP contribution in [0.1, 0.15) is 24.1 Å². The van der Waals surface area contributed by atoms with E-state index in [2.05, 4.69) is 19.9 Å². The number of nitrogens with zero attached hydrogens (tertiary/aromatic N) is 3. The third kappa shape index (κ3) is 6.37. The van der Waals surface area contributed by atoms with Gasteiger partial charge in [-0.1, -0.05) is 30.3 Å². The molecule has 0 unspecified atom stereocenters. The van der Waals surface area contributed by atoms with Crippen molar-refractivity contribution in [1.29, 1.82) is 0 Å². The Hall–Kier alpha value is -2.78. The van der Waals surface area contributed by atoms with Crippen molar-refractivity contribution in [1.82, 2.24) is 24.8 Å². The number of nitrogens with one attached hydrogen (secondary N) is 2. The highest BCUT2D eigenvalue weighted by Gasteiger charge is 2.15. The minimum absolute atomic E-state index is 0.0119. The third-order valence-electron chi connectivity index (χ3n) is 4.53. The molecule has 1 aromatic carbocycles. The van der Waals surface area contributed by atoms with E-state index in [0.29, 0.717) is 32.4 Å². The van der Waals surface area contributed by atoms with Gasteiger partial charge in [0.1, 0.15) is 0 Å². The van der Waals surface area contributed by atoms with E-state index in [1.807, 2.05) is 42.5 Å². The molecule has 2 heterocycles. The number of aromatic nitrogens is 3. The lowest BCUT2D eigenvalue weighted by molar-refractivity contribution is -0.131. The van der Waals surface area contributed by atoms with E-state index in [9.17, 15) is 13.2 Å². The molecular weight excluding hydrogens is 390 g/mol. The summed E-state index contributed by atoms with van der Waals surface area (Å²) >= 11 is 0. The molecule has 0 aliphatic carbocycles. The number of pyridine rings is 1. The predicted octanol–water partition coefficient (Wildman–Crippen LogP) is 1.86. The van der Waals surface area contributed by atoms with E-state index in [1.54, 1.807) is 11.1 Å². The topological polar surface area (TPSA) is 108 Å². The molecule has 8 nitrogen and oxygen atoms in total. The van der Waals surface area contributed by atoms with Gasteiger partial charge in [-0.2, -0.15) is 5.10 Å². The minimum Gasteiger partial charge on any atom is -0.337 e. The predicted molar refractivity (Wildman–Crippen MR) is 112 cm³/mol. The van der Waals surface area contributed by atoms with E-state index in [1.165, 1.54) is 0 Å². The normalized spacial score (nSPS) is 11.6. The number of sulfonamides is 1. The van der Waals surface area contributed by atoms with Crippen molar-refractivity contribution in [3.05, 3.63) is 59.9 Å². The van der Waals surface area contributed by atoms with E-state index in [4.69, 9.17) is 0 Å². The zero-order valence-corrected chi connectivity index (χ0v) is 17.2. The van der Waals surface area contributed by atoms with Crippen LogP contribution in [0.4, 0.5) is 0 Å². The van der Waals surface area contributed by atoms with Crippen LogP contribution in [0.15, 0.2) is 48.7 Å². The number of aryl methyl sites for hydroxylation is 1. The summed E-state index contributed by atoms with van der Waals surface area (Å²) in [6, 6.07) is 13.5. The van der Waals surface area contributed by atoms with Crippen molar-refractivity contribution in [2.24, 2.45) is 0 Å². The van der Waals surface area contributed by atoms with Crippen LogP contribution in [0.25, 0.3) is 11.0 Å². The molecular formula is C20H25N5O3S. The summed E-state index contributed by atoms with van der Waals surface area (Å²) in [5.41, 5.74) is 2.64. The van der Waals surface area contributed by atoms with Gasteiger partial charge in [-0.3, -0.25) is 9.89 Å². The van der Waals surface area contributed by atoms with Crippen molar-refractivity contribution < 1.29 is 13.2 Å². The lowest BCUT2D eigenvalue weighted by atomic mass is 10.1. The molecule has 2 N–H and O–H groups in total. The zero-order valence-electron chi connectivity index (χ0n) is 16.3. The Bertz CT molecular complexity index is 1050. The van der Waals surface area contributed by atoms with Gasteiger partial charge >= 0.3 is 0 Å². The number of amides is 1. The number of carbonyl (C=O) groups excluding carboxylic acids is 1. The lowest BCUT2D eigenvalue weighted by Gasteiger charge is -2.23. The summed E-state index contributed by atoms with van der Waals surface area (Å²) in [5.74, 6) is -0.0119. The van der Waals surface area contributed by atoms with Crippen LogP contribution in [-0.4, -0.2) is 53.8 Å². The molecule has 0 saturated carbocycles. The lowest BCUT2D eigenvalue weighted by Crippen LogP contribution is -2.37. The molecule has 0 aliphatic heterocycles. The maximum atomic E-state index is 12.8. The number of hydrogen-bond acceptors (Lipinski definition) is 5. The van der Waals surface area contributed by atoms with Gasteiger partial charge in [0.25, 0.3) is 0 Å². The second kappa shape index (κ2) is 9.62. The van der Waals surface area contributed by atoms with Gasteiger partial charge in [-0.05, 0) is 30.5 Å². The van der Waals surface area contributed by atoms with Crippen LogP contribution in [0.2, 0.25) is 0 Å². The molecule has 0 bridgehead atoms. The first-order valence-electron chi connectivity index (χ1n) is 9.47. The van der Waals surface area contributed by atoms with E-state index >= 15 is 0 Å². The fraction of sp³-hybridized carbons (Fsp3) is 0.350. The molecule has 0 fully saturated rings. The molecule has 3 rings (SSSR count). The fourth-order valence-corrected chi connectivity index (χ4v) is 3.59. The highest BCUT2D eigenvalue weighted by molar-refractivity contribution is 7.88. The molecule has 9 heteroatoms. The number of aromatic amines is 1. The largest absolute Gasteiger partial charge is 0.337 e. The molecule has 0 spiro atoms. The Labute approximate surface area is 170 Å². The second-order valence-electron chi connectivity index (χ2n) is 6.89. The maximum Gasteiger partial charge on any atom is 0.222 e. The highest BCUT2D eigenvalue weighted by atomic mass is 32.2. The fourth-order valence-electron chi connectivity index (χ4n) is 3.13. The van der Waals surface area contributed by atoms with E-state index < -0.39 is 10.0 Å². The van der Waals surface area contributed by atoms with Crippen LogP contribution in [0.5, 0.6) is 0 Å². The first kappa shape index (κ1) is 20.9. The van der Waals surface area contributed by atoms with Crippen molar-refractivity contribution >= 4 is 27.0 Å². The monoisotopic (exact) mass is 415 g/mol. The summed E-state index contributed by atoms with van der Waals surface area (Å²) in [6.45, 7) is 0.948.